The van der Waals surface area contributed by atoms with Crippen molar-refractivity contribution in [1.29, 1.82) is 0 Å². The lowest BCUT2D eigenvalue weighted by atomic mass is 10.0. The third kappa shape index (κ3) is 3.96. The minimum atomic E-state index is -3.16. The third-order valence-corrected chi connectivity index (χ3v) is 6.65. The first kappa shape index (κ1) is 16.7. The Balaban J connectivity index is 1.93. The SMILES string of the molecule is CC(C)CS(=O)(=O)N1CCC(N2CCCC2C(=O)O)CC1. The quantitative estimate of drug-likeness (QED) is 0.818. The molecule has 21 heavy (non-hydrogen) atoms. The Bertz CT molecular complexity index is 469. The molecule has 0 aromatic heterocycles. The number of carboxylic acid groups (broad SMARTS) is 1. The number of likely N-dealkylation sites (tertiary alicyclic amines) is 1. The van der Waals surface area contributed by atoms with Crippen LogP contribution in [-0.4, -0.2) is 66.2 Å². The number of carbonyl (C=O) groups is 1. The molecule has 2 heterocycles. The Labute approximate surface area is 127 Å². The molecule has 0 aromatic rings. The minimum absolute atomic E-state index is 0.127. The lowest BCUT2D eigenvalue weighted by Gasteiger charge is -2.38. The molecule has 0 radical (unpaired) electrons. The fraction of sp³-hybridized carbons (Fsp3) is 0.929. The molecule has 0 amide bonds. The lowest BCUT2D eigenvalue weighted by Crippen LogP contribution is -2.50. The number of sulfonamides is 1. The van der Waals surface area contributed by atoms with Crippen molar-refractivity contribution in [3.05, 3.63) is 0 Å². The highest BCUT2D eigenvalue weighted by molar-refractivity contribution is 7.89. The van der Waals surface area contributed by atoms with E-state index in [-0.39, 0.29) is 23.8 Å². The molecule has 2 aliphatic rings. The smallest absolute Gasteiger partial charge is 0.320 e. The van der Waals surface area contributed by atoms with Crippen LogP contribution in [0.25, 0.3) is 0 Å². The van der Waals surface area contributed by atoms with Crippen LogP contribution < -0.4 is 0 Å². The molecule has 0 aliphatic carbocycles. The first-order valence-corrected chi connectivity index (χ1v) is 9.38. The molecule has 2 fully saturated rings. The average molecular weight is 318 g/mol. The molecule has 7 heteroatoms. The molecule has 0 saturated carbocycles. The largest absolute Gasteiger partial charge is 0.480 e. The Hall–Kier alpha value is -0.660. The van der Waals surface area contributed by atoms with E-state index >= 15 is 0 Å². The summed E-state index contributed by atoms with van der Waals surface area (Å²) < 4.78 is 26.0. The Kier molecular flexibility index (Phi) is 5.27. The summed E-state index contributed by atoms with van der Waals surface area (Å²) in [5.74, 6) is -0.427. The van der Waals surface area contributed by atoms with Gasteiger partial charge in [0.1, 0.15) is 6.04 Å². The number of rotatable bonds is 5. The maximum Gasteiger partial charge on any atom is 0.320 e. The number of piperidine rings is 1. The maximum atomic E-state index is 12.2. The van der Waals surface area contributed by atoms with Gasteiger partial charge in [-0.15, -0.1) is 0 Å². The zero-order valence-electron chi connectivity index (χ0n) is 12.9. The monoisotopic (exact) mass is 318 g/mol. The average Bonchev–Trinajstić information content (AvgIpc) is 2.86. The first-order valence-electron chi connectivity index (χ1n) is 7.77. The highest BCUT2D eigenvalue weighted by Gasteiger charge is 2.38. The maximum absolute atomic E-state index is 12.2. The molecule has 1 unspecified atom stereocenters. The Morgan fingerprint density at radius 3 is 2.33 bits per heavy atom. The van der Waals surface area contributed by atoms with Crippen LogP contribution in [0.1, 0.15) is 39.5 Å². The van der Waals surface area contributed by atoms with Gasteiger partial charge in [-0.25, -0.2) is 12.7 Å². The molecule has 2 saturated heterocycles. The van der Waals surface area contributed by atoms with E-state index in [1.165, 1.54) is 0 Å². The molecule has 2 aliphatic heterocycles. The zero-order chi connectivity index (χ0) is 15.6. The van der Waals surface area contributed by atoms with Gasteiger partial charge in [-0.05, 0) is 38.1 Å². The van der Waals surface area contributed by atoms with Gasteiger partial charge in [0.25, 0.3) is 0 Å². The van der Waals surface area contributed by atoms with Crippen LogP contribution in [0, 0.1) is 5.92 Å². The van der Waals surface area contributed by atoms with Crippen LogP contribution >= 0.6 is 0 Å². The molecule has 122 valence electrons. The van der Waals surface area contributed by atoms with Gasteiger partial charge in [0, 0.05) is 19.1 Å². The van der Waals surface area contributed by atoms with E-state index < -0.39 is 16.0 Å². The second-order valence-electron chi connectivity index (χ2n) is 6.54. The van der Waals surface area contributed by atoms with Gasteiger partial charge in [-0.1, -0.05) is 13.8 Å². The fourth-order valence-electron chi connectivity index (χ4n) is 3.47. The summed E-state index contributed by atoms with van der Waals surface area (Å²) in [4.78, 5) is 13.3. The van der Waals surface area contributed by atoms with Crippen molar-refractivity contribution in [2.24, 2.45) is 5.92 Å². The predicted molar refractivity (Wildman–Crippen MR) is 80.6 cm³/mol. The van der Waals surface area contributed by atoms with Crippen molar-refractivity contribution in [3.63, 3.8) is 0 Å². The van der Waals surface area contributed by atoms with E-state index in [9.17, 15) is 18.3 Å². The molecule has 0 bridgehead atoms. The standard InChI is InChI=1S/C14H26N2O4S/c1-11(2)10-21(19,20)15-8-5-12(6-9-15)16-7-3-4-13(16)14(17)18/h11-13H,3-10H2,1-2H3,(H,17,18). The van der Waals surface area contributed by atoms with Crippen molar-refractivity contribution < 1.29 is 18.3 Å². The van der Waals surface area contributed by atoms with Gasteiger partial charge in [0.15, 0.2) is 0 Å². The highest BCUT2D eigenvalue weighted by atomic mass is 32.2. The van der Waals surface area contributed by atoms with Gasteiger partial charge in [0.05, 0.1) is 5.75 Å². The zero-order valence-corrected chi connectivity index (χ0v) is 13.7. The normalized spacial score (nSPS) is 26.5. The minimum Gasteiger partial charge on any atom is -0.480 e. The van der Waals surface area contributed by atoms with Gasteiger partial charge in [-0.2, -0.15) is 0 Å². The summed E-state index contributed by atoms with van der Waals surface area (Å²) >= 11 is 0. The second kappa shape index (κ2) is 6.62. The van der Waals surface area contributed by atoms with Crippen LogP contribution in [0.4, 0.5) is 0 Å². The molecule has 1 atom stereocenters. The summed E-state index contributed by atoms with van der Waals surface area (Å²) in [6.07, 6.45) is 3.10. The summed E-state index contributed by atoms with van der Waals surface area (Å²) in [7, 11) is -3.16. The molecule has 1 N–H and O–H groups in total. The first-order chi connectivity index (χ1) is 9.81. The van der Waals surface area contributed by atoms with E-state index in [0.29, 0.717) is 19.5 Å². The molecule has 2 rings (SSSR count). The summed E-state index contributed by atoms with van der Waals surface area (Å²) in [6, 6.07) is -0.173. The van der Waals surface area contributed by atoms with E-state index in [0.717, 1.165) is 25.8 Å². The highest BCUT2D eigenvalue weighted by Crippen LogP contribution is 2.27. The van der Waals surface area contributed by atoms with E-state index in [2.05, 4.69) is 4.90 Å². The number of nitrogens with zero attached hydrogens (tertiary/aromatic N) is 2. The van der Waals surface area contributed by atoms with E-state index in [4.69, 9.17) is 0 Å². The number of carboxylic acids is 1. The Morgan fingerprint density at radius 2 is 1.81 bits per heavy atom. The van der Waals surface area contributed by atoms with Gasteiger partial charge in [0.2, 0.25) is 10.0 Å². The third-order valence-electron chi connectivity index (χ3n) is 4.41. The van der Waals surface area contributed by atoms with Gasteiger partial charge < -0.3 is 5.11 Å². The fourth-order valence-corrected chi connectivity index (χ4v) is 5.29. The van der Waals surface area contributed by atoms with Crippen LogP contribution in [-0.2, 0) is 14.8 Å². The Morgan fingerprint density at radius 1 is 1.19 bits per heavy atom. The molecular formula is C14H26N2O4S. The van der Waals surface area contributed by atoms with Crippen molar-refractivity contribution in [1.82, 2.24) is 9.21 Å². The van der Waals surface area contributed by atoms with Crippen LogP contribution in [0.3, 0.4) is 0 Å². The molecular weight excluding hydrogens is 292 g/mol. The molecule has 6 nitrogen and oxygen atoms in total. The van der Waals surface area contributed by atoms with Crippen LogP contribution in [0.2, 0.25) is 0 Å². The van der Waals surface area contributed by atoms with Gasteiger partial charge in [-0.3, -0.25) is 9.69 Å². The predicted octanol–water partition coefficient (Wildman–Crippen LogP) is 0.986. The van der Waals surface area contributed by atoms with Crippen molar-refractivity contribution in [2.45, 2.75) is 51.6 Å². The van der Waals surface area contributed by atoms with E-state index in [1.54, 1.807) is 4.31 Å². The second-order valence-corrected chi connectivity index (χ2v) is 8.55. The summed E-state index contributed by atoms with van der Waals surface area (Å²) in [5, 5.41) is 9.25. The molecule has 0 aromatic carbocycles. The molecule has 0 spiro atoms. The van der Waals surface area contributed by atoms with Crippen molar-refractivity contribution in [2.75, 3.05) is 25.4 Å². The van der Waals surface area contributed by atoms with Crippen molar-refractivity contribution in [3.8, 4) is 0 Å². The van der Waals surface area contributed by atoms with Crippen LogP contribution in [0.5, 0.6) is 0 Å². The summed E-state index contributed by atoms with van der Waals surface area (Å²) in [5.41, 5.74) is 0. The number of aliphatic carboxylic acids is 1. The van der Waals surface area contributed by atoms with E-state index in [1.807, 2.05) is 13.8 Å². The van der Waals surface area contributed by atoms with Gasteiger partial charge >= 0.3 is 5.97 Å². The lowest BCUT2D eigenvalue weighted by molar-refractivity contribution is -0.143. The van der Waals surface area contributed by atoms with Crippen LogP contribution in [0.15, 0.2) is 0 Å². The van der Waals surface area contributed by atoms with Crippen molar-refractivity contribution >= 4 is 16.0 Å². The summed E-state index contributed by atoms with van der Waals surface area (Å²) in [6.45, 7) is 5.67. The topological polar surface area (TPSA) is 77.9 Å². The number of hydrogen-bond acceptors (Lipinski definition) is 4. The number of hydrogen-bond donors (Lipinski definition) is 1.